The molecular formula is C20H25N5O2. The SMILES string of the molecule is CC.CNc1ccc(-c2cccc3c2NCCC(=O)N3)cc1C(=N)C(N)=O. The van der Waals surface area contributed by atoms with Crippen molar-refractivity contribution in [1.82, 2.24) is 0 Å². The Bertz CT molecular complexity index is 877. The predicted molar refractivity (Wildman–Crippen MR) is 111 cm³/mol. The highest BCUT2D eigenvalue weighted by Gasteiger charge is 2.18. The van der Waals surface area contributed by atoms with Crippen LogP contribution < -0.4 is 21.7 Å². The first-order valence-corrected chi connectivity index (χ1v) is 8.89. The number of hydrogen-bond donors (Lipinski definition) is 5. The molecular weight excluding hydrogens is 342 g/mol. The van der Waals surface area contributed by atoms with Crippen LogP contribution in [0.15, 0.2) is 36.4 Å². The van der Waals surface area contributed by atoms with Crippen LogP contribution in [0.4, 0.5) is 17.1 Å². The van der Waals surface area contributed by atoms with E-state index in [0.717, 1.165) is 16.8 Å². The van der Waals surface area contributed by atoms with Crippen molar-refractivity contribution in [3.63, 3.8) is 0 Å². The predicted octanol–water partition coefficient (Wildman–Crippen LogP) is 3.03. The summed E-state index contributed by atoms with van der Waals surface area (Å²) < 4.78 is 0. The first kappa shape index (κ1) is 20.0. The lowest BCUT2D eigenvalue weighted by Crippen LogP contribution is -2.24. The van der Waals surface area contributed by atoms with Crippen molar-refractivity contribution in [1.29, 1.82) is 5.41 Å². The zero-order valence-corrected chi connectivity index (χ0v) is 15.8. The van der Waals surface area contributed by atoms with E-state index in [0.29, 0.717) is 29.9 Å². The van der Waals surface area contributed by atoms with Gasteiger partial charge in [-0.25, -0.2) is 0 Å². The lowest BCUT2D eigenvalue weighted by Gasteiger charge is -2.16. The van der Waals surface area contributed by atoms with E-state index in [1.807, 2.05) is 38.1 Å². The Hall–Kier alpha value is -3.35. The van der Waals surface area contributed by atoms with Gasteiger partial charge < -0.3 is 21.7 Å². The second kappa shape index (κ2) is 8.84. The number of nitrogens with one attached hydrogen (secondary N) is 4. The fraction of sp³-hybridized carbons (Fsp3) is 0.250. The first-order valence-electron chi connectivity index (χ1n) is 8.89. The molecule has 2 amide bonds. The summed E-state index contributed by atoms with van der Waals surface area (Å²) in [5, 5.41) is 17.1. The summed E-state index contributed by atoms with van der Waals surface area (Å²) in [6.45, 7) is 4.54. The van der Waals surface area contributed by atoms with Crippen LogP contribution in [-0.2, 0) is 9.59 Å². The standard InChI is InChI=1S/C18H19N5O2.C2H6/c1-21-13-6-5-10(9-12(13)16(19)18(20)25)11-3-2-4-14-17(11)22-8-7-15(24)23-14;1-2/h2-6,9,19,21-22H,7-8H2,1H3,(H2,20,25)(H,23,24);1-2H3. The minimum atomic E-state index is -0.786. The van der Waals surface area contributed by atoms with Gasteiger partial charge in [-0.2, -0.15) is 0 Å². The van der Waals surface area contributed by atoms with Crippen molar-refractivity contribution < 1.29 is 9.59 Å². The van der Waals surface area contributed by atoms with Crippen LogP contribution in [0.5, 0.6) is 0 Å². The summed E-state index contributed by atoms with van der Waals surface area (Å²) in [6.07, 6.45) is 0.393. The summed E-state index contributed by atoms with van der Waals surface area (Å²) in [4.78, 5) is 23.2. The van der Waals surface area contributed by atoms with E-state index < -0.39 is 5.91 Å². The third-order valence-electron chi connectivity index (χ3n) is 4.11. The second-order valence-corrected chi connectivity index (χ2v) is 5.70. The first-order chi connectivity index (χ1) is 13.0. The lowest BCUT2D eigenvalue weighted by atomic mass is 9.97. The van der Waals surface area contributed by atoms with E-state index in [2.05, 4.69) is 16.0 Å². The van der Waals surface area contributed by atoms with Gasteiger partial charge in [0.1, 0.15) is 5.71 Å². The van der Waals surface area contributed by atoms with Crippen molar-refractivity contribution in [2.24, 2.45) is 5.73 Å². The Labute approximate surface area is 158 Å². The summed E-state index contributed by atoms with van der Waals surface area (Å²) in [5.41, 5.74) is 9.33. The topological polar surface area (TPSA) is 120 Å². The maximum atomic E-state index is 11.8. The van der Waals surface area contributed by atoms with Crippen molar-refractivity contribution in [2.45, 2.75) is 20.3 Å². The summed E-state index contributed by atoms with van der Waals surface area (Å²) >= 11 is 0. The van der Waals surface area contributed by atoms with E-state index in [1.54, 1.807) is 19.2 Å². The minimum Gasteiger partial charge on any atom is -0.388 e. The normalized spacial score (nSPS) is 12.3. The van der Waals surface area contributed by atoms with Crippen molar-refractivity contribution in [3.05, 3.63) is 42.0 Å². The zero-order valence-electron chi connectivity index (χ0n) is 15.8. The molecule has 0 radical (unpaired) electrons. The zero-order chi connectivity index (χ0) is 20.0. The van der Waals surface area contributed by atoms with Gasteiger partial charge in [-0.15, -0.1) is 0 Å². The molecule has 27 heavy (non-hydrogen) atoms. The molecule has 6 N–H and O–H groups in total. The van der Waals surface area contributed by atoms with Crippen LogP contribution in [0.3, 0.4) is 0 Å². The summed E-state index contributed by atoms with van der Waals surface area (Å²) in [6, 6.07) is 11.1. The second-order valence-electron chi connectivity index (χ2n) is 5.70. The molecule has 0 bridgehead atoms. The molecule has 7 heteroatoms. The third kappa shape index (κ3) is 4.25. The van der Waals surface area contributed by atoms with E-state index in [9.17, 15) is 9.59 Å². The van der Waals surface area contributed by atoms with Gasteiger partial charge >= 0.3 is 0 Å². The monoisotopic (exact) mass is 367 g/mol. The third-order valence-corrected chi connectivity index (χ3v) is 4.11. The van der Waals surface area contributed by atoms with Gasteiger partial charge in [0.2, 0.25) is 5.91 Å². The van der Waals surface area contributed by atoms with Gasteiger partial charge in [-0.05, 0) is 23.8 Å². The number of amides is 2. The molecule has 0 saturated heterocycles. The molecule has 2 aromatic carbocycles. The Morgan fingerprint density at radius 3 is 2.63 bits per heavy atom. The van der Waals surface area contributed by atoms with E-state index in [1.165, 1.54) is 0 Å². The van der Waals surface area contributed by atoms with Crippen LogP contribution in [-0.4, -0.2) is 31.1 Å². The number of nitrogens with two attached hydrogens (primary N) is 1. The number of para-hydroxylation sites is 1. The van der Waals surface area contributed by atoms with Crippen LogP contribution >= 0.6 is 0 Å². The number of fused-ring (bicyclic) bond motifs is 1. The number of hydrogen-bond acceptors (Lipinski definition) is 5. The van der Waals surface area contributed by atoms with Crippen molar-refractivity contribution in [2.75, 3.05) is 29.5 Å². The molecule has 7 nitrogen and oxygen atoms in total. The van der Waals surface area contributed by atoms with Gasteiger partial charge in [0.05, 0.1) is 11.4 Å². The summed E-state index contributed by atoms with van der Waals surface area (Å²) in [5.74, 6) is -0.823. The molecule has 2 aromatic rings. The van der Waals surface area contributed by atoms with E-state index >= 15 is 0 Å². The molecule has 0 fully saturated rings. The smallest absolute Gasteiger partial charge is 0.267 e. The molecule has 3 rings (SSSR count). The molecule has 0 spiro atoms. The largest absolute Gasteiger partial charge is 0.388 e. The molecule has 0 aromatic heterocycles. The maximum absolute atomic E-state index is 11.8. The lowest BCUT2D eigenvalue weighted by molar-refractivity contribution is -0.116. The van der Waals surface area contributed by atoms with Crippen LogP contribution in [0.25, 0.3) is 11.1 Å². The maximum Gasteiger partial charge on any atom is 0.267 e. The van der Waals surface area contributed by atoms with Gasteiger partial charge in [0.25, 0.3) is 5.91 Å². The van der Waals surface area contributed by atoms with Gasteiger partial charge in [0, 0.05) is 36.8 Å². The molecule has 1 heterocycles. The van der Waals surface area contributed by atoms with E-state index in [4.69, 9.17) is 11.1 Å². The number of anilines is 3. The molecule has 1 aliphatic rings. The molecule has 0 unspecified atom stereocenters. The highest BCUT2D eigenvalue weighted by atomic mass is 16.2. The van der Waals surface area contributed by atoms with Gasteiger partial charge in [0.15, 0.2) is 0 Å². The number of primary amides is 1. The highest BCUT2D eigenvalue weighted by molar-refractivity contribution is 6.44. The summed E-state index contributed by atoms with van der Waals surface area (Å²) in [7, 11) is 1.72. The molecule has 0 aliphatic carbocycles. The minimum absolute atomic E-state index is 0.0369. The number of rotatable bonds is 4. The Morgan fingerprint density at radius 1 is 1.22 bits per heavy atom. The Balaban J connectivity index is 0.00000126. The highest BCUT2D eigenvalue weighted by Crippen LogP contribution is 2.36. The van der Waals surface area contributed by atoms with Crippen molar-refractivity contribution in [3.8, 4) is 11.1 Å². The Kier molecular flexibility index (Phi) is 6.54. The van der Waals surface area contributed by atoms with E-state index in [-0.39, 0.29) is 11.6 Å². The number of benzene rings is 2. The fourth-order valence-electron chi connectivity index (χ4n) is 2.87. The average molecular weight is 367 g/mol. The Morgan fingerprint density at radius 2 is 1.96 bits per heavy atom. The molecule has 1 aliphatic heterocycles. The molecule has 0 saturated carbocycles. The number of carbonyl (C=O) groups is 2. The van der Waals surface area contributed by atoms with Crippen LogP contribution in [0.1, 0.15) is 25.8 Å². The molecule has 142 valence electrons. The van der Waals surface area contributed by atoms with Crippen molar-refractivity contribution >= 4 is 34.6 Å². The van der Waals surface area contributed by atoms with Gasteiger partial charge in [-0.1, -0.05) is 32.0 Å². The molecule has 0 atom stereocenters. The average Bonchev–Trinajstić information content (AvgIpc) is 2.88. The van der Waals surface area contributed by atoms with Crippen LogP contribution in [0, 0.1) is 5.41 Å². The number of carbonyl (C=O) groups excluding carboxylic acids is 2. The quantitative estimate of drug-likeness (QED) is 0.533. The van der Waals surface area contributed by atoms with Crippen LogP contribution in [0.2, 0.25) is 0 Å². The van der Waals surface area contributed by atoms with Gasteiger partial charge in [-0.3, -0.25) is 15.0 Å². The fourth-order valence-corrected chi connectivity index (χ4v) is 2.87.